The quantitative estimate of drug-likeness (QED) is 0.575. The Kier molecular flexibility index (Phi) is 5.82. The van der Waals surface area contributed by atoms with Crippen molar-refractivity contribution in [2.45, 2.75) is 63.9 Å². The first-order valence-corrected chi connectivity index (χ1v) is 11.0. The molecule has 3 rings (SSSR count). The predicted octanol–water partition coefficient (Wildman–Crippen LogP) is 4.31. The van der Waals surface area contributed by atoms with Gasteiger partial charge in [0.1, 0.15) is 0 Å². The summed E-state index contributed by atoms with van der Waals surface area (Å²) in [6.07, 6.45) is 5.34. The van der Waals surface area contributed by atoms with E-state index < -0.39 is 0 Å². The van der Waals surface area contributed by atoms with Crippen LogP contribution in [0.1, 0.15) is 44.6 Å². The number of nitrogens with zero attached hydrogens (tertiary/aromatic N) is 3. The molecule has 1 aliphatic carbocycles. The second-order valence-corrected chi connectivity index (χ2v) is 10.7. The molecule has 0 aromatic carbocycles. The van der Waals surface area contributed by atoms with Crippen LogP contribution in [0.3, 0.4) is 0 Å². The number of thiophene rings is 1. The van der Waals surface area contributed by atoms with Gasteiger partial charge in [0.15, 0.2) is 11.0 Å². The van der Waals surface area contributed by atoms with Crippen LogP contribution in [0.15, 0.2) is 23.9 Å². The lowest BCUT2D eigenvalue weighted by molar-refractivity contribution is -0.117. The SMILES string of the molecule is C=CCn1c(S[C@H](C)C(N)=O)nnc1-c1cc2c(s1)CC[C@H](C(C)(C)C)C2. The topological polar surface area (TPSA) is 73.8 Å². The van der Waals surface area contributed by atoms with Crippen LogP contribution in [0.4, 0.5) is 0 Å². The maximum Gasteiger partial charge on any atom is 0.230 e. The minimum absolute atomic E-state index is 0.331. The molecule has 27 heavy (non-hydrogen) atoms. The number of nitrogens with two attached hydrogens (primary N) is 1. The molecule has 0 unspecified atom stereocenters. The van der Waals surface area contributed by atoms with Crippen LogP contribution < -0.4 is 5.73 Å². The molecule has 0 fully saturated rings. The van der Waals surface area contributed by atoms with Gasteiger partial charge in [0.2, 0.25) is 5.91 Å². The van der Waals surface area contributed by atoms with Crippen molar-refractivity contribution in [1.82, 2.24) is 14.8 Å². The van der Waals surface area contributed by atoms with Gasteiger partial charge in [0, 0.05) is 11.4 Å². The third-order valence-corrected chi connectivity index (χ3v) is 7.57. The van der Waals surface area contributed by atoms with Crippen LogP contribution in [0.2, 0.25) is 0 Å². The molecule has 0 saturated heterocycles. The van der Waals surface area contributed by atoms with Crippen molar-refractivity contribution in [3.63, 3.8) is 0 Å². The lowest BCUT2D eigenvalue weighted by Crippen LogP contribution is -2.26. The van der Waals surface area contributed by atoms with Crippen molar-refractivity contribution in [2.75, 3.05) is 0 Å². The standard InChI is InChI=1S/C20H28N4OS2/c1-6-9-24-18(22-23-19(24)26-12(2)17(21)25)16-11-13-10-14(20(3,4)5)7-8-15(13)27-16/h6,11-12,14H,1,7-10H2,2-5H3,(H2,21,25)/t12-,14+/m1/s1. The highest BCUT2D eigenvalue weighted by Crippen LogP contribution is 2.42. The molecular formula is C20H28N4OS2. The van der Waals surface area contributed by atoms with E-state index in [0.29, 0.717) is 23.0 Å². The van der Waals surface area contributed by atoms with E-state index in [-0.39, 0.29) is 11.2 Å². The zero-order valence-corrected chi connectivity index (χ0v) is 18.1. The molecule has 0 spiro atoms. The summed E-state index contributed by atoms with van der Waals surface area (Å²) in [6.45, 7) is 13.2. The number of aryl methyl sites for hydroxylation is 1. The second kappa shape index (κ2) is 7.80. The molecular weight excluding hydrogens is 376 g/mol. The van der Waals surface area contributed by atoms with E-state index in [4.69, 9.17) is 5.73 Å². The average Bonchev–Trinajstić information content (AvgIpc) is 3.17. The summed E-state index contributed by atoms with van der Waals surface area (Å²) in [4.78, 5) is 14.0. The number of aromatic nitrogens is 3. The molecule has 2 aromatic rings. The molecule has 1 amide bonds. The van der Waals surface area contributed by atoms with Gasteiger partial charge in [0.05, 0.1) is 10.1 Å². The number of hydrogen-bond donors (Lipinski definition) is 1. The predicted molar refractivity (Wildman–Crippen MR) is 113 cm³/mol. The summed E-state index contributed by atoms with van der Waals surface area (Å²) in [5.41, 5.74) is 7.19. The van der Waals surface area contributed by atoms with E-state index >= 15 is 0 Å². The van der Waals surface area contributed by atoms with Gasteiger partial charge in [-0.3, -0.25) is 9.36 Å². The van der Waals surface area contributed by atoms with Crippen molar-refractivity contribution in [3.05, 3.63) is 29.2 Å². The Hall–Kier alpha value is -1.60. The Morgan fingerprint density at radius 2 is 2.26 bits per heavy atom. The van der Waals surface area contributed by atoms with Gasteiger partial charge in [0.25, 0.3) is 0 Å². The molecule has 2 heterocycles. The van der Waals surface area contributed by atoms with Crippen LogP contribution in [-0.2, 0) is 24.2 Å². The molecule has 7 heteroatoms. The molecule has 0 aliphatic heterocycles. The van der Waals surface area contributed by atoms with Crippen molar-refractivity contribution in [2.24, 2.45) is 17.1 Å². The molecule has 2 aromatic heterocycles. The zero-order chi connectivity index (χ0) is 19.8. The first-order chi connectivity index (χ1) is 12.7. The number of allylic oxidation sites excluding steroid dienone is 1. The molecule has 2 N–H and O–H groups in total. The van der Waals surface area contributed by atoms with Crippen molar-refractivity contribution < 1.29 is 4.79 Å². The van der Waals surface area contributed by atoms with Crippen LogP contribution in [0.5, 0.6) is 0 Å². The van der Waals surface area contributed by atoms with E-state index in [2.05, 4.69) is 43.6 Å². The maximum atomic E-state index is 11.4. The van der Waals surface area contributed by atoms with Crippen LogP contribution in [0, 0.1) is 11.3 Å². The molecule has 0 saturated carbocycles. The summed E-state index contributed by atoms with van der Waals surface area (Å²) >= 11 is 3.17. The smallest absolute Gasteiger partial charge is 0.230 e. The largest absolute Gasteiger partial charge is 0.369 e. The molecule has 0 radical (unpaired) electrons. The first-order valence-electron chi connectivity index (χ1n) is 9.32. The first kappa shape index (κ1) is 20.1. The van der Waals surface area contributed by atoms with Crippen LogP contribution >= 0.6 is 23.1 Å². The fraction of sp³-hybridized carbons (Fsp3) is 0.550. The summed E-state index contributed by atoms with van der Waals surface area (Å²) in [5, 5.41) is 9.10. The number of carbonyl (C=O) groups excluding carboxylic acids is 1. The van der Waals surface area contributed by atoms with Gasteiger partial charge in [-0.05, 0) is 49.1 Å². The van der Waals surface area contributed by atoms with Crippen molar-refractivity contribution in [1.29, 1.82) is 0 Å². The van der Waals surface area contributed by atoms with Gasteiger partial charge in [-0.25, -0.2) is 0 Å². The Morgan fingerprint density at radius 1 is 1.52 bits per heavy atom. The van der Waals surface area contributed by atoms with Gasteiger partial charge in [-0.1, -0.05) is 38.6 Å². The van der Waals surface area contributed by atoms with Crippen LogP contribution in [-0.4, -0.2) is 25.9 Å². The number of fused-ring (bicyclic) bond motifs is 1. The number of primary amides is 1. The number of carbonyl (C=O) groups is 1. The Balaban J connectivity index is 1.91. The summed E-state index contributed by atoms with van der Waals surface area (Å²) in [7, 11) is 0. The lowest BCUT2D eigenvalue weighted by Gasteiger charge is -2.33. The summed E-state index contributed by atoms with van der Waals surface area (Å²) in [6, 6.07) is 2.29. The summed E-state index contributed by atoms with van der Waals surface area (Å²) in [5.74, 6) is 1.20. The minimum Gasteiger partial charge on any atom is -0.369 e. The number of hydrogen-bond acceptors (Lipinski definition) is 5. The highest BCUT2D eigenvalue weighted by Gasteiger charge is 2.30. The Bertz CT molecular complexity index is 847. The highest BCUT2D eigenvalue weighted by atomic mass is 32.2. The Morgan fingerprint density at radius 3 is 2.89 bits per heavy atom. The maximum absolute atomic E-state index is 11.4. The van der Waals surface area contributed by atoms with Gasteiger partial charge < -0.3 is 5.73 Å². The zero-order valence-electron chi connectivity index (χ0n) is 16.5. The van der Waals surface area contributed by atoms with E-state index in [1.54, 1.807) is 6.92 Å². The highest BCUT2D eigenvalue weighted by molar-refractivity contribution is 8.00. The van der Waals surface area contributed by atoms with Gasteiger partial charge in [-0.2, -0.15) is 0 Å². The number of amides is 1. The minimum atomic E-state index is -0.352. The molecule has 2 atom stereocenters. The molecule has 5 nitrogen and oxygen atoms in total. The molecule has 0 bridgehead atoms. The third kappa shape index (κ3) is 4.29. The second-order valence-electron chi connectivity index (χ2n) is 8.23. The number of rotatable bonds is 6. The van der Waals surface area contributed by atoms with E-state index in [1.165, 1.54) is 28.6 Å². The Labute approximate surface area is 169 Å². The van der Waals surface area contributed by atoms with E-state index in [9.17, 15) is 4.79 Å². The van der Waals surface area contributed by atoms with E-state index in [0.717, 1.165) is 23.5 Å². The van der Waals surface area contributed by atoms with Crippen molar-refractivity contribution in [3.8, 4) is 10.7 Å². The van der Waals surface area contributed by atoms with Gasteiger partial charge in [-0.15, -0.1) is 28.1 Å². The fourth-order valence-corrected chi connectivity index (χ4v) is 5.45. The molecule has 1 aliphatic rings. The third-order valence-electron chi connectivity index (χ3n) is 5.24. The number of thioether (sulfide) groups is 1. The summed E-state index contributed by atoms with van der Waals surface area (Å²) < 4.78 is 2.02. The fourth-order valence-electron chi connectivity index (χ4n) is 3.44. The van der Waals surface area contributed by atoms with E-state index in [1.807, 2.05) is 22.0 Å². The average molecular weight is 405 g/mol. The lowest BCUT2D eigenvalue weighted by atomic mass is 9.72. The van der Waals surface area contributed by atoms with Crippen LogP contribution in [0.25, 0.3) is 10.7 Å². The monoisotopic (exact) mass is 404 g/mol. The normalized spacial score (nSPS) is 18.1. The van der Waals surface area contributed by atoms with Crippen molar-refractivity contribution >= 4 is 29.0 Å². The molecule has 146 valence electrons. The van der Waals surface area contributed by atoms with Gasteiger partial charge >= 0.3 is 0 Å².